The fourth-order valence-electron chi connectivity index (χ4n) is 9.73. The number of unbranched alkanes of at least 4 members (excludes halogenated alkanes) is 37. The Labute approximate surface area is 423 Å². The third kappa shape index (κ3) is 36.4. The summed E-state index contributed by atoms with van der Waals surface area (Å²) in [6.45, 7) is 3.46. The summed E-state index contributed by atoms with van der Waals surface area (Å²) in [6.07, 6.45) is 44.4. The molecule has 0 spiro atoms. The normalized spacial score (nSPS) is 20.4. The summed E-state index contributed by atoms with van der Waals surface area (Å²) in [6, 6.07) is -1.16. The number of rotatable bonds is 51. The highest BCUT2D eigenvalue weighted by Crippen LogP contribution is 2.24. The van der Waals surface area contributed by atoms with Crippen LogP contribution in [0.25, 0.3) is 0 Å². The summed E-state index contributed by atoms with van der Waals surface area (Å²) in [5, 5.41) is 75.9. The number of allylic oxidation sites excluding steroid dienone is 2. The fourth-order valence-corrected chi connectivity index (χ4v) is 9.73. The van der Waals surface area contributed by atoms with Gasteiger partial charge in [-0.3, -0.25) is 4.79 Å². The van der Waals surface area contributed by atoms with Crippen LogP contribution >= 0.6 is 0 Å². The minimum atomic E-state index is -1.66. The molecule has 69 heavy (non-hydrogen) atoms. The monoisotopic (exact) mass is 984 g/mol. The van der Waals surface area contributed by atoms with E-state index in [2.05, 4.69) is 31.3 Å². The van der Waals surface area contributed by atoms with Crippen LogP contribution in [0, 0.1) is 0 Å². The van der Waals surface area contributed by atoms with Crippen LogP contribution in [-0.2, 0) is 14.3 Å². The van der Waals surface area contributed by atoms with Gasteiger partial charge in [-0.05, 0) is 38.5 Å². The van der Waals surface area contributed by atoms with E-state index in [1.165, 1.54) is 205 Å². The van der Waals surface area contributed by atoms with Crippen molar-refractivity contribution >= 4 is 5.91 Å². The van der Waals surface area contributed by atoms with Crippen molar-refractivity contribution in [1.82, 2.24) is 5.32 Å². The zero-order valence-electron chi connectivity index (χ0n) is 44.8. The zero-order valence-corrected chi connectivity index (χ0v) is 44.8. The lowest BCUT2D eigenvalue weighted by molar-refractivity contribution is -0.303. The lowest BCUT2D eigenvalue weighted by Gasteiger charge is -2.40. The molecule has 1 aliphatic heterocycles. The highest BCUT2D eigenvalue weighted by molar-refractivity contribution is 5.80. The number of aliphatic hydroxyl groups excluding tert-OH is 7. The standard InChI is InChI=1S/C58H113NO10/c1-3-5-7-9-11-13-15-16-17-18-19-20-21-22-23-24-25-26-27-28-29-30-31-32-33-34-36-38-40-42-44-46-51(62)57(67)59-49(48-68-58-56(66)55(65)54(64)52(47-60)69-58)53(63)50(61)45-43-41-39-37-35-14-12-10-8-6-4-2/h22-23,49-56,58,60-66H,3-21,24-48H2,1-2H3,(H,59,67)/b23-22-. The molecule has 410 valence electrons. The van der Waals surface area contributed by atoms with Crippen molar-refractivity contribution in [3.8, 4) is 0 Å². The minimum absolute atomic E-state index is 0.264. The molecule has 0 aliphatic carbocycles. The first-order chi connectivity index (χ1) is 33.7. The van der Waals surface area contributed by atoms with Gasteiger partial charge < -0.3 is 50.5 Å². The Hall–Kier alpha value is -1.15. The molecule has 1 amide bonds. The molecule has 11 heteroatoms. The average Bonchev–Trinajstić information content (AvgIpc) is 3.35. The highest BCUT2D eigenvalue weighted by atomic mass is 16.7. The predicted molar refractivity (Wildman–Crippen MR) is 284 cm³/mol. The molecule has 9 unspecified atom stereocenters. The van der Waals surface area contributed by atoms with Crippen LogP contribution in [-0.4, -0.2) is 110 Å². The summed E-state index contributed by atoms with van der Waals surface area (Å²) in [7, 11) is 0. The Kier molecular flexibility index (Phi) is 45.7. The van der Waals surface area contributed by atoms with Crippen LogP contribution in [0.1, 0.15) is 284 Å². The van der Waals surface area contributed by atoms with Crippen molar-refractivity contribution < 1.29 is 50.0 Å². The van der Waals surface area contributed by atoms with Gasteiger partial charge >= 0.3 is 0 Å². The van der Waals surface area contributed by atoms with Gasteiger partial charge in [0.25, 0.3) is 0 Å². The molecule has 8 N–H and O–H groups in total. The van der Waals surface area contributed by atoms with Crippen LogP contribution in [0.3, 0.4) is 0 Å². The molecule has 1 saturated heterocycles. The molecule has 0 saturated carbocycles. The predicted octanol–water partition coefficient (Wildman–Crippen LogP) is 12.4. The zero-order chi connectivity index (χ0) is 50.4. The van der Waals surface area contributed by atoms with E-state index in [-0.39, 0.29) is 6.42 Å². The SMILES string of the molecule is CCCCCCCCCCCCCC/C=C\CCCCCCCCCCCCCCCCCC(O)C(=O)NC(COC1OC(CO)C(O)C(O)C1O)C(O)C(O)CCCCCCCCCCCCC. The van der Waals surface area contributed by atoms with E-state index < -0.39 is 74.2 Å². The van der Waals surface area contributed by atoms with E-state index in [0.29, 0.717) is 19.3 Å². The van der Waals surface area contributed by atoms with E-state index >= 15 is 0 Å². The number of ether oxygens (including phenoxy) is 2. The van der Waals surface area contributed by atoms with Crippen LogP contribution in [0.4, 0.5) is 0 Å². The van der Waals surface area contributed by atoms with Gasteiger partial charge in [0.15, 0.2) is 6.29 Å². The summed E-state index contributed by atoms with van der Waals surface area (Å²) in [4.78, 5) is 13.1. The Bertz CT molecular complexity index is 1130. The molecule has 1 heterocycles. The second-order valence-electron chi connectivity index (χ2n) is 21.1. The van der Waals surface area contributed by atoms with Gasteiger partial charge in [0, 0.05) is 0 Å². The van der Waals surface area contributed by atoms with Gasteiger partial charge in [-0.25, -0.2) is 0 Å². The van der Waals surface area contributed by atoms with Gasteiger partial charge in [-0.2, -0.15) is 0 Å². The number of amides is 1. The maximum absolute atomic E-state index is 13.1. The Morgan fingerprint density at radius 1 is 0.493 bits per heavy atom. The number of aliphatic hydroxyl groups is 7. The molecular formula is C58H113NO10. The van der Waals surface area contributed by atoms with Crippen molar-refractivity contribution in [3.63, 3.8) is 0 Å². The van der Waals surface area contributed by atoms with Gasteiger partial charge in [0.1, 0.15) is 36.6 Å². The molecule has 1 rings (SSSR count). The van der Waals surface area contributed by atoms with Crippen LogP contribution in [0.15, 0.2) is 12.2 Å². The van der Waals surface area contributed by atoms with Gasteiger partial charge in [0.2, 0.25) is 5.91 Å². The van der Waals surface area contributed by atoms with Crippen molar-refractivity contribution in [2.45, 2.75) is 339 Å². The van der Waals surface area contributed by atoms with Gasteiger partial charge in [-0.15, -0.1) is 0 Å². The smallest absolute Gasteiger partial charge is 0.249 e. The van der Waals surface area contributed by atoms with Crippen LogP contribution < -0.4 is 5.32 Å². The van der Waals surface area contributed by atoms with Gasteiger partial charge in [-0.1, -0.05) is 257 Å². The van der Waals surface area contributed by atoms with Crippen molar-refractivity contribution in [2.75, 3.05) is 13.2 Å². The summed E-state index contributed by atoms with van der Waals surface area (Å²) < 4.78 is 11.1. The highest BCUT2D eigenvalue weighted by Gasteiger charge is 2.44. The van der Waals surface area contributed by atoms with E-state index in [0.717, 1.165) is 38.5 Å². The van der Waals surface area contributed by atoms with E-state index in [4.69, 9.17) is 9.47 Å². The van der Waals surface area contributed by atoms with E-state index in [9.17, 15) is 40.5 Å². The molecular weight excluding hydrogens is 871 g/mol. The molecule has 0 radical (unpaired) electrons. The molecule has 0 aromatic rings. The van der Waals surface area contributed by atoms with Gasteiger partial charge in [0.05, 0.1) is 25.4 Å². The molecule has 0 bridgehead atoms. The largest absolute Gasteiger partial charge is 0.394 e. The maximum atomic E-state index is 13.1. The third-order valence-electron chi connectivity index (χ3n) is 14.6. The quantitative estimate of drug-likeness (QED) is 0.0215. The van der Waals surface area contributed by atoms with Crippen LogP contribution in [0.2, 0.25) is 0 Å². The summed E-state index contributed by atoms with van der Waals surface area (Å²) >= 11 is 0. The Morgan fingerprint density at radius 2 is 0.841 bits per heavy atom. The van der Waals surface area contributed by atoms with Crippen molar-refractivity contribution in [3.05, 3.63) is 12.2 Å². The summed E-state index contributed by atoms with van der Waals surface area (Å²) in [5.74, 6) is -0.693. The van der Waals surface area contributed by atoms with Crippen molar-refractivity contribution in [2.24, 2.45) is 0 Å². The van der Waals surface area contributed by atoms with E-state index in [1.54, 1.807) is 0 Å². The second-order valence-corrected chi connectivity index (χ2v) is 21.1. The van der Waals surface area contributed by atoms with Crippen molar-refractivity contribution in [1.29, 1.82) is 0 Å². The fraction of sp³-hybridized carbons (Fsp3) is 0.948. The number of hydrogen-bond donors (Lipinski definition) is 8. The average molecular weight is 985 g/mol. The lowest BCUT2D eigenvalue weighted by atomic mass is 9.98. The molecule has 1 aliphatic rings. The second kappa shape index (κ2) is 47.8. The number of carbonyl (C=O) groups excluding carboxylic acids is 1. The van der Waals surface area contributed by atoms with E-state index in [1.807, 2.05) is 0 Å². The topological polar surface area (TPSA) is 189 Å². The lowest BCUT2D eigenvalue weighted by Crippen LogP contribution is -2.60. The number of carbonyl (C=O) groups is 1. The number of hydrogen-bond acceptors (Lipinski definition) is 10. The Morgan fingerprint density at radius 3 is 1.22 bits per heavy atom. The first-order valence-corrected chi connectivity index (χ1v) is 29.6. The first kappa shape index (κ1) is 65.9. The number of nitrogens with one attached hydrogen (secondary N) is 1. The third-order valence-corrected chi connectivity index (χ3v) is 14.6. The molecule has 11 nitrogen and oxygen atoms in total. The van der Waals surface area contributed by atoms with Crippen LogP contribution in [0.5, 0.6) is 0 Å². The summed E-state index contributed by atoms with van der Waals surface area (Å²) in [5.41, 5.74) is 0. The Balaban J connectivity index is 2.17. The maximum Gasteiger partial charge on any atom is 0.249 e. The molecule has 0 aromatic carbocycles. The minimum Gasteiger partial charge on any atom is -0.394 e. The molecule has 0 aromatic heterocycles. The molecule has 9 atom stereocenters. The first-order valence-electron chi connectivity index (χ1n) is 29.6. The molecule has 1 fully saturated rings.